The van der Waals surface area contributed by atoms with E-state index in [0.29, 0.717) is 37.8 Å². The number of hydrogen-bond donors (Lipinski definition) is 4. The average Bonchev–Trinajstić information content (AvgIpc) is 3.50. The number of halogens is 5. The molecule has 0 radical (unpaired) electrons. The number of aromatic nitrogens is 2. The van der Waals surface area contributed by atoms with E-state index in [1.165, 1.54) is 34.1 Å². The standard InChI is InChI=1S/C25H23Cl2N5O4S3.C2HF3O2/c26-14-6-7-16(27)18(9-14)37-11-19(33)30-20-23(34)32-21(25(35)36)13(10-38-24(20)32)3-2-8-39-31-12-29-22(28)15-4-1-5-17(15)31;3-2(4,5)1(6)7/h2-3,6-7,9,12,20,24,28H,1,4-5,8,10-11H2,(H2,30,33,35,36);(H,6,7)/p+1/b3-2+;/t20-,24?;/m1./s1. The highest BCUT2D eigenvalue weighted by Gasteiger charge is 2.54. The van der Waals surface area contributed by atoms with Crippen molar-refractivity contribution in [3.63, 3.8) is 0 Å². The maximum atomic E-state index is 12.9. The summed E-state index contributed by atoms with van der Waals surface area (Å²) < 4.78 is 33.8. The van der Waals surface area contributed by atoms with Gasteiger partial charge in [-0.3, -0.25) is 14.5 Å². The highest BCUT2D eigenvalue weighted by atomic mass is 35.5. The molecule has 0 saturated carbocycles. The number of fused-ring (bicyclic) bond motifs is 2. The number of thioether (sulfide) groups is 2. The molecule has 2 aromatic rings. The summed E-state index contributed by atoms with van der Waals surface area (Å²) >= 11 is 16.3. The SMILES string of the molecule is Nc1nc[n+](SC/C=C/C2=C(C(=O)O)N3C(=O)[C@@H](NC(=O)CSc4cc(Cl)ccc4Cl)C3SC2)c2c1CCC2.O=C(O)C(F)(F)F. The van der Waals surface area contributed by atoms with Gasteiger partial charge >= 0.3 is 24.4 Å². The summed E-state index contributed by atoms with van der Waals surface area (Å²) in [6, 6.07) is 4.20. The summed E-state index contributed by atoms with van der Waals surface area (Å²) in [6.45, 7) is 0. The van der Waals surface area contributed by atoms with Crippen molar-refractivity contribution < 1.29 is 46.5 Å². The first kappa shape index (κ1) is 35.7. The van der Waals surface area contributed by atoms with Crippen molar-refractivity contribution in [2.24, 2.45) is 0 Å². The van der Waals surface area contributed by atoms with Crippen LogP contribution in [0.3, 0.4) is 0 Å². The van der Waals surface area contributed by atoms with Crippen LogP contribution in [-0.2, 0) is 32.0 Å². The van der Waals surface area contributed by atoms with Crippen molar-refractivity contribution in [2.75, 3.05) is 23.0 Å². The van der Waals surface area contributed by atoms with Crippen LogP contribution in [0.5, 0.6) is 0 Å². The number of nitrogens with one attached hydrogen (secondary N) is 1. The number of carboxylic acids is 2. The summed E-state index contributed by atoms with van der Waals surface area (Å²) in [5.41, 5.74) is 8.78. The Hall–Kier alpha value is -3.12. The zero-order chi connectivity index (χ0) is 33.8. The predicted molar refractivity (Wildman–Crippen MR) is 168 cm³/mol. The molecule has 0 spiro atoms. The average molecular weight is 740 g/mol. The van der Waals surface area contributed by atoms with E-state index in [4.69, 9.17) is 38.8 Å². The minimum atomic E-state index is -5.08. The van der Waals surface area contributed by atoms with Crippen LogP contribution in [0.4, 0.5) is 19.0 Å². The van der Waals surface area contributed by atoms with Gasteiger partial charge in [0.05, 0.1) is 34.0 Å². The van der Waals surface area contributed by atoms with Crippen LogP contribution in [0.1, 0.15) is 17.7 Å². The van der Waals surface area contributed by atoms with Gasteiger partial charge in [-0.1, -0.05) is 35.4 Å². The lowest BCUT2D eigenvalue weighted by Crippen LogP contribution is -2.70. The molecule has 11 nitrogen and oxygen atoms in total. The summed E-state index contributed by atoms with van der Waals surface area (Å²) in [6.07, 6.45) is 3.21. The molecule has 1 saturated heterocycles. The molecule has 3 heterocycles. The summed E-state index contributed by atoms with van der Waals surface area (Å²) in [7, 11) is 0. The number of rotatable bonds is 9. The van der Waals surface area contributed by atoms with E-state index in [-0.39, 0.29) is 17.4 Å². The number of carbonyl (C=O) groups is 4. The third-order valence-corrected chi connectivity index (χ3v) is 10.7. The van der Waals surface area contributed by atoms with Gasteiger partial charge in [0.2, 0.25) is 11.7 Å². The number of nitrogen functional groups attached to an aromatic ring is 1. The second-order valence-electron chi connectivity index (χ2n) is 9.73. The van der Waals surface area contributed by atoms with Gasteiger partial charge in [0.15, 0.2) is 0 Å². The van der Waals surface area contributed by atoms with Gasteiger partial charge in [-0.25, -0.2) is 9.59 Å². The number of β-lactam (4-membered cyclic amide) rings is 1. The van der Waals surface area contributed by atoms with Gasteiger partial charge in [-0.05, 0) is 41.6 Å². The van der Waals surface area contributed by atoms with E-state index in [0.717, 1.165) is 24.8 Å². The molecule has 5 rings (SSSR count). The first-order valence-corrected chi connectivity index (χ1v) is 17.0. The van der Waals surface area contributed by atoms with Crippen molar-refractivity contribution in [1.29, 1.82) is 0 Å². The van der Waals surface area contributed by atoms with E-state index in [9.17, 15) is 32.7 Å². The molecular formula is C27H25Cl2F3N5O6S3+. The number of carbonyl (C=O) groups excluding carboxylic acids is 2. The predicted octanol–water partition coefficient (Wildman–Crippen LogP) is 3.96. The molecule has 246 valence electrons. The molecule has 19 heteroatoms. The fourth-order valence-corrected chi connectivity index (χ4v) is 8.09. The maximum absolute atomic E-state index is 12.9. The number of nitrogens with two attached hydrogens (primary N) is 1. The molecule has 46 heavy (non-hydrogen) atoms. The number of amides is 2. The summed E-state index contributed by atoms with van der Waals surface area (Å²) in [4.78, 5) is 52.7. The van der Waals surface area contributed by atoms with Crippen LogP contribution in [0, 0.1) is 0 Å². The third kappa shape index (κ3) is 8.42. The van der Waals surface area contributed by atoms with E-state index in [1.807, 2.05) is 10.0 Å². The monoisotopic (exact) mass is 738 g/mol. The van der Waals surface area contributed by atoms with Crippen LogP contribution in [0.2, 0.25) is 10.0 Å². The van der Waals surface area contributed by atoms with Crippen molar-refractivity contribution in [3.8, 4) is 0 Å². The lowest BCUT2D eigenvalue weighted by molar-refractivity contribution is -0.507. The highest BCUT2D eigenvalue weighted by molar-refractivity contribution is 8.00. The van der Waals surface area contributed by atoms with Gasteiger partial charge in [-0.15, -0.1) is 23.5 Å². The molecule has 1 fully saturated rings. The fraction of sp³-hybridized carbons (Fsp3) is 0.333. The Bertz CT molecular complexity index is 1630. The fourth-order valence-electron chi connectivity index (χ4n) is 4.65. The Kier molecular flexibility index (Phi) is 11.8. The second kappa shape index (κ2) is 15.2. The highest BCUT2D eigenvalue weighted by Crippen LogP contribution is 2.41. The number of nitrogens with zero attached hydrogens (tertiary/aromatic N) is 3. The molecule has 5 N–H and O–H groups in total. The molecule has 1 aliphatic carbocycles. The Morgan fingerprint density at radius 3 is 2.63 bits per heavy atom. The number of alkyl halides is 3. The summed E-state index contributed by atoms with van der Waals surface area (Å²) in [5, 5.41) is 20.3. The van der Waals surface area contributed by atoms with Crippen molar-refractivity contribution >= 4 is 88.2 Å². The lowest BCUT2D eigenvalue weighted by Gasteiger charge is -2.49. The van der Waals surface area contributed by atoms with E-state index >= 15 is 0 Å². The van der Waals surface area contributed by atoms with Gasteiger partial charge < -0.3 is 21.3 Å². The Balaban J connectivity index is 0.000000617. The largest absolute Gasteiger partial charge is 0.490 e. The van der Waals surface area contributed by atoms with Crippen LogP contribution < -0.4 is 15.0 Å². The quantitative estimate of drug-likeness (QED) is 0.167. The molecule has 0 bridgehead atoms. The van der Waals surface area contributed by atoms with Gasteiger partial charge in [0.1, 0.15) is 22.8 Å². The second-order valence-corrected chi connectivity index (χ2v) is 13.7. The molecule has 2 amide bonds. The molecule has 1 aromatic carbocycles. The van der Waals surface area contributed by atoms with Crippen LogP contribution in [0.25, 0.3) is 0 Å². The first-order chi connectivity index (χ1) is 21.7. The van der Waals surface area contributed by atoms with E-state index < -0.39 is 35.4 Å². The number of carboxylic acid groups (broad SMARTS) is 2. The van der Waals surface area contributed by atoms with Crippen LogP contribution in [0.15, 0.2) is 52.8 Å². The van der Waals surface area contributed by atoms with Gasteiger partial charge in [0, 0.05) is 22.1 Å². The van der Waals surface area contributed by atoms with Crippen molar-refractivity contribution in [2.45, 2.75) is 41.7 Å². The molecule has 1 aromatic heterocycles. The van der Waals surface area contributed by atoms with Gasteiger partial charge in [-0.2, -0.15) is 17.1 Å². The topological polar surface area (TPSA) is 167 Å². The van der Waals surface area contributed by atoms with Crippen LogP contribution >= 0.6 is 58.7 Å². The first-order valence-electron chi connectivity index (χ1n) is 13.2. The van der Waals surface area contributed by atoms with Crippen molar-refractivity contribution in [1.82, 2.24) is 15.2 Å². The Morgan fingerprint density at radius 2 is 1.96 bits per heavy atom. The van der Waals surface area contributed by atoms with E-state index in [2.05, 4.69) is 10.3 Å². The molecular weight excluding hydrogens is 714 g/mol. The molecule has 2 aliphatic heterocycles. The zero-order valence-corrected chi connectivity index (χ0v) is 27.4. The zero-order valence-electron chi connectivity index (χ0n) is 23.4. The molecule has 2 atom stereocenters. The van der Waals surface area contributed by atoms with E-state index in [1.54, 1.807) is 42.6 Å². The maximum Gasteiger partial charge on any atom is 0.490 e. The molecule has 1 unspecified atom stereocenters. The smallest absolute Gasteiger partial charge is 0.477 e. The van der Waals surface area contributed by atoms with Crippen molar-refractivity contribution in [3.05, 3.63) is 69.3 Å². The van der Waals surface area contributed by atoms with Crippen LogP contribution in [-0.4, -0.2) is 78.7 Å². The molecule has 3 aliphatic rings. The minimum Gasteiger partial charge on any atom is -0.477 e. The number of anilines is 1. The number of allylic oxidation sites excluding steroid dienone is 1. The number of benzene rings is 1. The Labute approximate surface area is 282 Å². The summed E-state index contributed by atoms with van der Waals surface area (Å²) in [5.74, 6) is -3.10. The lowest BCUT2D eigenvalue weighted by atomic mass is 10.0. The minimum absolute atomic E-state index is 0.0409. The number of aliphatic carboxylic acids is 2. The number of hydrogen-bond acceptors (Lipinski definition) is 9. The Morgan fingerprint density at radius 1 is 1.24 bits per heavy atom. The normalized spacial score (nSPS) is 18.8. The third-order valence-electron chi connectivity index (χ3n) is 6.71. The van der Waals surface area contributed by atoms with Gasteiger partial charge in [0.25, 0.3) is 5.91 Å².